The van der Waals surface area contributed by atoms with Crippen LogP contribution in [0.4, 0.5) is 5.82 Å². The van der Waals surface area contributed by atoms with E-state index in [1.807, 2.05) is 57.4 Å². The zero-order chi connectivity index (χ0) is 19.1. The molecule has 0 spiro atoms. The average Bonchev–Trinajstić information content (AvgIpc) is 2.69. The summed E-state index contributed by atoms with van der Waals surface area (Å²) in [5, 5.41) is 2.95. The topological polar surface area (TPSA) is 67.8 Å². The molecule has 0 aliphatic heterocycles. The maximum Gasteiger partial charge on any atom is 0.180 e. The van der Waals surface area contributed by atoms with Crippen molar-refractivity contribution in [1.29, 1.82) is 0 Å². The predicted octanol–water partition coefficient (Wildman–Crippen LogP) is 4.17. The van der Waals surface area contributed by atoms with Gasteiger partial charge in [0.05, 0.1) is 6.20 Å². The number of carbonyl (C=O) groups is 1. The summed E-state index contributed by atoms with van der Waals surface area (Å²) < 4.78 is 0. The van der Waals surface area contributed by atoms with Crippen molar-refractivity contribution < 1.29 is 4.79 Å². The first kappa shape index (κ1) is 22.6. The summed E-state index contributed by atoms with van der Waals surface area (Å²) in [6.45, 7) is 5.90. The Hall–Kier alpha value is -2.41. The number of nitrogens with one attached hydrogen (secondary N) is 1. The Morgan fingerprint density at radius 3 is 2.41 bits per heavy atom. The van der Waals surface area contributed by atoms with E-state index in [1.165, 1.54) is 0 Å². The van der Waals surface area contributed by atoms with Crippen molar-refractivity contribution in [2.24, 2.45) is 0 Å². The van der Waals surface area contributed by atoms with Crippen LogP contribution in [0.3, 0.4) is 0 Å². The van der Waals surface area contributed by atoms with Crippen LogP contribution in [0.1, 0.15) is 35.5 Å². The van der Waals surface area contributed by atoms with Crippen LogP contribution in [0.15, 0.2) is 41.4 Å². The molecule has 5 nitrogen and oxygen atoms in total. The predicted molar refractivity (Wildman–Crippen MR) is 115 cm³/mol. The molecule has 0 amide bonds. The third kappa shape index (κ3) is 5.53. The number of fused-ring (bicyclic) bond motifs is 1. The van der Waals surface area contributed by atoms with Crippen LogP contribution in [-0.4, -0.2) is 42.5 Å². The molecule has 1 N–H and O–H groups in total. The Morgan fingerprint density at radius 2 is 1.81 bits per heavy atom. The number of pyridine rings is 1. The van der Waals surface area contributed by atoms with Gasteiger partial charge in [0.25, 0.3) is 0 Å². The first-order chi connectivity index (χ1) is 12.6. The molecule has 0 atom stereocenters. The number of hydrogen-bond acceptors (Lipinski definition) is 6. The molecule has 139 valence electrons. The van der Waals surface area contributed by atoms with E-state index >= 15 is 0 Å². The molecule has 0 saturated heterocycles. The van der Waals surface area contributed by atoms with Gasteiger partial charge in [0.2, 0.25) is 0 Å². The summed E-state index contributed by atoms with van der Waals surface area (Å²) in [7, 11) is 1.79. The van der Waals surface area contributed by atoms with Crippen LogP contribution >= 0.6 is 11.8 Å². The standard InChI is InChI=1S/C18H18N4OS.C2H6.B/c1-11-13(8-15-18(21-11)22-17(19-2)10-20-15)9-16(23)12-4-6-14(24-3)7-5-12;1-2;/h4-8,10H,9H2,1-3H3,(H,19,21,22);1-2H3;. The number of Topliss-reactive ketones (excluding diaryl/α,β-unsaturated/α-hetero) is 1. The molecule has 0 aliphatic carbocycles. The molecular formula is C20H24BN4OS. The lowest BCUT2D eigenvalue weighted by Gasteiger charge is -2.08. The molecule has 0 unspecified atom stereocenters. The van der Waals surface area contributed by atoms with E-state index in [0.717, 1.165) is 16.2 Å². The van der Waals surface area contributed by atoms with E-state index < -0.39 is 0 Å². The number of hydrogen-bond donors (Lipinski definition) is 1. The van der Waals surface area contributed by atoms with Crippen molar-refractivity contribution in [3.8, 4) is 0 Å². The molecular weight excluding hydrogens is 355 g/mol. The lowest BCUT2D eigenvalue weighted by atomic mass is 10.0. The molecule has 2 heterocycles. The SMILES string of the molecule is CC.CNc1cnc2cc(CC(=O)c3ccc(SC)cc3)c(C)nc2n1.[B]. The van der Waals surface area contributed by atoms with Gasteiger partial charge in [0.1, 0.15) is 11.3 Å². The Morgan fingerprint density at radius 1 is 1.15 bits per heavy atom. The zero-order valence-electron chi connectivity index (χ0n) is 16.4. The van der Waals surface area contributed by atoms with Crippen molar-refractivity contribution in [3.05, 3.63) is 53.3 Å². The monoisotopic (exact) mass is 379 g/mol. The molecule has 7 heteroatoms. The molecule has 0 bridgehead atoms. The normalized spacial score (nSPS) is 9.81. The molecule has 2 aromatic heterocycles. The third-order valence-electron chi connectivity index (χ3n) is 3.85. The number of nitrogens with zero attached hydrogens (tertiary/aromatic N) is 3. The second-order valence-corrected chi connectivity index (χ2v) is 6.29. The van der Waals surface area contributed by atoms with Gasteiger partial charge >= 0.3 is 0 Å². The van der Waals surface area contributed by atoms with E-state index in [2.05, 4.69) is 20.3 Å². The molecule has 0 fully saturated rings. The molecule has 0 aliphatic rings. The summed E-state index contributed by atoms with van der Waals surface area (Å²) in [5.74, 6) is 0.749. The van der Waals surface area contributed by atoms with Gasteiger partial charge in [-0.3, -0.25) is 4.79 Å². The Balaban J connectivity index is 0.00000118. The van der Waals surface area contributed by atoms with E-state index in [1.54, 1.807) is 25.0 Å². The molecule has 27 heavy (non-hydrogen) atoms. The molecule has 3 radical (unpaired) electrons. The number of rotatable bonds is 5. The molecule has 1 aromatic carbocycles. The smallest absolute Gasteiger partial charge is 0.180 e. The summed E-state index contributed by atoms with van der Waals surface area (Å²) in [4.78, 5) is 26.9. The lowest BCUT2D eigenvalue weighted by molar-refractivity contribution is 0.0992. The number of anilines is 1. The number of benzene rings is 1. The van der Waals surface area contributed by atoms with Gasteiger partial charge in [0.15, 0.2) is 11.4 Å². The highest BCUT2D eigenvalue weighted by molar-refractivity contribution is 7.98. The van der Waals surface area contributed by atoms with Crippen molar-refractivity contribution in [1.82, 2.24) is 15.0 Å². The fourth-order valence-electron chi connectivity index (χ4n) is 2.42. The van der Waals surface area contributed by atoms with Crippen LogP contribution in [0.5, 0.6) is 0 Å². The van der Waals surface area contributed by atoms with Crippen LogP contribution < -0.4 is 5.32 Å². The Labute approximate surface area is 167 Å². The summed E-state index contributed by atoms with van der Waals surface area (Å²) in [5.41, 5.74) is 3.68. The highest BCUT2D eigenvalue weighted by Crippen LogP contribution is 2.19. The lowest BCUT2D eigenvalue weighted by Crippen LogP contribution is -2.07. The Kier molecular flexibility index (Phi) is 8.95. The van der Waals surface area contributed by atoms with Crippen molar-refractivity contribution in [3.63, 3.8) is 0 Å². The fraction of sp³-hybridized carbons (Fsp3) is 0.300. The minimum Gasteiger partial charge on any atom is -0.372 e. The van der Waals surface area contributed by atoms with Gasteiger partial charge in [-0.05, 0) is 36.9 Å². The zero-order valence-corrected chi connectivity index (χ0v) is 17.2. The van der Waals surface area contributed by atoms with Gasteiger partial charge in [-0.2, -0.15) is 0 Å². The molecule has 3 aromatic rings. The van der Waals surface area contributed by atoms with Crippen molar-refractivity contribution >= 4 is 42.9 Å². The first-order valence-electron chi connectivity index (χ1n) is 8.59. The number of aryl methyl sites for hydroxylation is 1. The number of carbonyl (C=O) groups excluding carboxylic acids is 1. The van der Waals surface area contributed by atoms with Gasteiger partial charge < -0.3 is 5.32 Å². The van der Waals surface area contributed by atoms with Crippen molar-refractivity contribution in [2.45, 2.75) is 32.1 Å². The van der Waals surface area contributed by atoms with Crippen molar-refractivity contribution in [2.75, 3.05) is 18.6 Å². The van der Waals surface area contributed by atoms with E-state index in [0.29, 0.717) is 29.0 Å². The minimum absolute atomic E-state index is 0. The second kappa shape index (κ2) is 10.7. The van der Waals surface area contributed by atoms with Crippen LogP contribution in [-0.2, 0) is 6.42 Å². The van der Waals surface area contributed by atoms with Crippen LogP contribution in [0.25, 0.3) is 11.2 Å². The summed E-state index contributed by atoms with van der Waals surface area (Å²) >= 11 is 1.66. The average molecular weight is 379 g/mol. The van der Waals surface area contributed by atoms with E-state index in [-0.39, 0.29) is 14.2 Å². The third-order valence-corrected chi connectivity index (χ3v) is 4.59. The summed E-state index contributed by atoms with van der Waals surface area (Å²) in [6.07, 6.45) is 3.98. The maximum absolute atomic E-state index is 12.5. The number of aromatic nitrogens is 3. The van der Waals surface area contributed by atoms with Gasteiger partial charge in [-0.1, -0.05) is 26.0 Å². The highest BCUT2D eigenvalue weighted by atomic mass is 32.2. The molecule has 0 saturated carbocycles. The van der Waals surface area contributed by atoms with E-state index in [9.17, 15) is 4.79 Å². The minimum atomic E-state index is 0. The Bertz CT molecular complexity index is 900. The largest absolute Gasteiger partial charge is 0.372 e. The fourth-order valence-corrected chi connectivity index (χ4v) is 2.83. The first-order valence-corrected chi connectivity index (χ1v) is 9.81. The maximum atomic E-state index is 12.5. The second-order valence-electron chi connectivity index (χ2n) is 5.41. The summed E-state index contributed by atoms with van der Waals surface area (Å²) in [6, 6.07) is 9.58. The van der Waals surface area contributed by atoms with Crippen LogP contribution in [0, 0.1) is 6.92 Å². The highest BCUT2D eigenvalue weighted by Gasteiger charge is 2.12. The van der Waals surface area contributed by atoms with Gasteiger partial charge in [-0.25, -0.2) is 15.0 Å². The van der Waals surface area contributed by atoms with Gasteiger partial charge in [-0.15, -0.1) is 11.8 Å². The van der Waals surface area contributed by atoms with Gasteiger partial charge in [0, 0.05) is 38.0 Å². The van der Waals surface area contributed by atoms with E-state index in [4.69, 9.17) is 0 Å². The molecule has 3 rings (SSSR count). The number of thioether (sulfide) groups is 1. The van der Waals surface area contributed by atoms with Crippen LogP contribution in [0.2, 0.25) is 0 Å². The number of ketones is 1. The quantitative estimate of drug-likeness (QED) is 0.408.